The van der Waals surface area contributed by atoms with Gasteiger partial charge in [0.05, 0.1) is 23.8 Å². The summed E-state index contributed by atoms with van der Waals surface area (Å²) in [4.78, 5) is 18.0. The SMILES string of the molecule is CC1=NN(c2nc(-c3ccccc3)cs2)C(=O)C1C(c1ccc(Br)cc1)C(C#N)C#N. The number of rotatable bonds is 5. The van der Waals surface area contributed by atoms with Gasteiger partial charge in [-0.2, -0.15) is 20.6 Å². The van der Waals surface area contributed by atoms with Crippen LogP contribution < -0.4 is 5.01 Å². The summed E-state index contributed by atoms with van der Waals surface area (Å²) in [5.74, 6) is -2.61. The molecular formula is C23H16BrN5OS. The molecule has 2 aromatic carbocycles. The Morgan fingerprint density at radius 1 is 1.10 bits per heavy atom. The number of nitrogens with zero attached hydrogens (tertiary/aromatic N) is 5. The smallest absolute Gasteiger partial charge is 0.259 e. The van der Waals surface area contributed by atoms with Gasteiger partial charge in [0, 0.05) is 27.0 Å². The number of hydrogen-bond acceptors (Lipinski definition) is 6. The molecule has 2 heterocycles. The summed E-state index contributed by atoms with van der Waals surface area (Å²) in [6, 6.07) is 21.1. The number of hydrazone groups is 1. The third-order valence-electron chi connectivity index (χ3n) is 5.18. The minimum absolute atomic E-state index is 0.283. The second-order valence-corrected chi connectivity index (χ2v) is 8.82. The number of aromatic nitrogens is 1. The van der Waals surface area contributed by atoms with E-state index in [0.717, 1.165) is 21.3 Å². The standard InChI is InChI=1S/C23H16BrN5OS/c1-14-20(21(17(11-25)12-26)16-7-9-18(24)10-8-16)22(30)29(28-14)23-27-19(13-31-23)15-5-3-2-4-6-15/h2-10,13,17,20-21H,1H3. The van der Waals surface area contributed by atoms with Crippen molar-refractivity contribution in [1.29, 1.82) is 10.5 Å². The molecule has 0 saturated heterocycles. The fourth-order valence-corrected chi connectivity index (χ4v) is 4.74. The third kappa shape index (κ3) is 4.00. The molecule has 1 aromatic heterocycles. The Bertz CT molecular complexity index is 1210. The van der Waals surface area contributed by atoms with Crippen molar-refractivity contribution in [2.24, 2.45) is 16.9 Å². The lowest BCUT2D eigenvalue weighted by molar-refractivity contribution is -0.120. The van der Waals surface area contributed by atoms with E-state index in [2.05, 4.69) is 38.2 Å². The van der Waals surface area contributed by atoms with Crippen molar-refractivity contribution in [2.45, 2.75) is 12.8 Å². The van der Waals surface area contributed by atoms with Crippen LogP contribution in [0.4, 0.5) is 5.13 Å². The molecule has 6 nitrogen and oxygen atoms in total. The molecule has 8 heteroatoms. The van der Waals surface area contributed by atoms with Gasteiger partial charge in [-0.3, -0.25) is 4.79 Å². The molecular weight excluding hydrogens is 474 g/mol. The molecule has 0 spiro atoms. The second kappa shape index (κ2) is 8.81. The Morgan fingerprint density at radius 3 is 2.42 bits per heavy atom. The zero-order valence-corrected chi connectivity index (χ0v) is 18.8. The molecule has 0 bridgehead atoms. The van der Waals surface area contributed by atoms with Gasteiger partial charge in [-0.1, -0.05) is 58.4 Å². The van der Waals surface area contributed by atoms with E-state index in [9.17, 15) is 15.3 Å². The molecule has 4 rings (SSSR count). The predicted octanol–water partition coefficient (Wildman–Crippen LogP) is 5.36. The first-order valence-corrected chi connectivity index (χ1v) is 11.2. The summed E-state index contributed by atoms with van der Waals surface area (Å²) < 4.78 is 0.876. The number of anilines is 1. The number of amides is 1. The summed E-state index contributed by atoms with van der Waals surface area (Å²) in [7, 11) is 0. The van der Waals surface area contributed by atoms with Crippen LogP contribution in [-0.2, 0) is 4.79 Å². The van der Waals surface area contributed by atoms with Crippen molar-refractivity contribution in [3.05, 3.63) is 70.0 Å². The van der Waals surface area contributed by atoms with E-state index in [1.165, 1.54) is 16.3 Å². The second-order valence-electron chi connectivity index (χ2n) is 7.06. The lowest BCUT2D eigenvalue weighted by Crippen LogP contribution is -2.34. The number of carbonyl (C=O) groups is 1. The van der Waals surface area contributed by atoms with Gasteiger partial charge in [-0.25, -0.2) is 4.98 Å². The Morgan fingerprint density at radius 2 is 1.77 bits per heavy atom. The normalized spacial score (nSPS) is 16.7. The van der Waals surface area contributed by atoms with E-state index in [1.807, 2.05) is 60.0 Å². The van der Waals surface area contributed by atoms with Crippen LogP contribution in [0.3, 0.4) is 0 Å². The minimum atomic E-state index is -0.989. The summed E-state index contributed by atoms with van der Waals surface area (Å²) in [5.41, 5.74) is 3.02. The number of nitriles is 2. The summed E-state index contributed by atoms with van der Waals surface area (Å²) >= 11 is 4.73. The lowest BCUT2D eigenvalue weighted by Gasteiger charge is -2.24. The van der Waals surface area contributed by atoms with Gasteiger partial charge in [-0.05, 0) is 24.6 Å². The van der Waals surface area contributed by atoms with Crippen molar-refractivity contribution < 1.29 is 4.79 Å². The molecule has 152 valence electrons. The number of hydrogen-bond donors (Lipinski definition) is 0. The highest BCUT2D eigenvalue weighted by Gasteiger charge is 2.45. The number of benzene rings is 2. The maximum Gasteiger partial charge on any atom is 0.259 e. The predicted molar refractivity (Wildman–Crippen MR) is 123 cm³/mol. The molecule has 2 atom stereocenters. The van der Waals surface area contributed by atoms with Gasteiger partial charge in [-0.15, -0.1) is 11.3 Å². The highest BCUT2D eigenvalue weighted by atomic mass is 79.9. The van der Waals surface area contributed by atoms with E-state index in [-0.39, 0.29) is 5.91 Å². The van der Waals surface area contributed by atoms with Gasteiger partial charge >= 0.3 is 0 Å². The maximum atomic E-state index is 13.4. The molecule has 0 fully saturated rings. The fourth-order valence-electron chi connectivity index (χ4n) is 3.69. The van der Waals surface area contributed by atoms with Crippen molar-refractivity contribution in [3.8, 4) is 23.4 Å². The Labute approximate surface area is 192 Å². The molecule has 0 saturated carbocycles. The quantitative estimate of drug-likeness (QED) is 0.482. The van der Waals surface area contributed by atoms with Crippen molar-refractivity contribution in [2.75, 3.05) is 5.01 Å². The van der Waals surface area contributed by atoms with Gasteiger partial charge in [0.25, 0.3) is 5.91 Å². The molecule has 2 unspecified atom stereocenters. The van der Waals surface area contributed by atoms with Crippen molar-refractivity contribution in [1.82, 2.24) is 4.98 Å². The van der Waals surface area contributed by atoms with Crippen LogP contribution in [0.5, 0.6) is 0 Å². The third-order valence-corrected chi connectivity index (χ3v) is 6.52. The molecule has 0 aliphatic carbocycles. The Hall–Kier alpha value is -3.33. The largest absolute Gasteiger partial charge is 0.272 e. The van der Waals surface area contributed by atoms with E-state index in [4.69, 9.17) is 0 Å². The summed E-state index contributed by atoms with van der Waals surface area (Å²) in [6.45, 7) is 1.76. The lowest BCUT2D eigenvalue weighted by atomic mass is 9.76. The monoisotopic (exact) mass is 489 g/mol. The van der Waals surface area contributed by atoms with Crippen LogP contribution in [0.15, 0.2) is 69.6 Å². The first-order chi connectivity index (χ1) is 15.0. The van der Waals surface area contributed by atoms with Gasteiger partial charge in [0.2, 0.25) is 5.13 Å². The first-order valence-electron chi connectivity index (χ1n) is 9.48. The van der Waals surface area contributed by atoms with Gasteiger partial charge < -0.3 is 0 Å². The molecule has 1 aliphatic rings. The highest BCUT2D eigenvalue weighted by molar-refractivity contribution is 9.10. The molecule has 0 radical (unpaired) electrons. The van der Waals surface area contributed by atoms with Gasteiger partial charge in [0.1, 0.15) is 5.92 Å². The van der Waals surface area contributed by atoms with E-state index in [1.54, 1.807) is 6.92 Å². The zero-order chi connectivity index (χ0) is 22.0. The van der Waals surface area contributed by atoms with Crippen LogP contribution in [-0.4, -0.2) is 16.6 Å². The van der Waals surface area contributed by atoms with Crippen LogP contribution in [0.1, 0.15) is 18.4 Å². The molecule has 1 aliphatic heterocycles. The number of halogens is 1. The number of thiazole rings is 1. The average Bonchev–Trinajstić information content (AvgIpc) is 3.38. The average molecular weight is 490 g/mol. The number of carbonyl (C=O) groups excluding carboxylic acids is 1. The van der Waals surface area contributed by atoms with Crippen molar-refractivity contribution >= 4 is 44.0 Å². The van der Waals surface area contributed by atoms with Gasteiger partial charge in [0.15, 0.2) is 0 Å². The van der Waals surface area contributed by atoms with E-state index in [0.29, 0.717) is 10.8 Å². The van der Waals surface area contributed by atoms with Crippen LogP contribution in [0.2, 0.25) is 0 Å². The molecule has 3 aromatic rings. The summed E-state index contributed by atoms with van der Waals surface area (Å²) in [6.07, 6.45) is 0. The zero-order valence-electron chi connectivity index (χ0n) is 16.4. The van der Waals surface area contributed by atoms with Crippen molar-refractivity contribution in [3.63, 3.8) is 0 Å². The molecule has 31 heavy (non-hydrogen) atoms. The molecule has 0 N–H and O–H groups in total. The van der Waals surface area contributed by atoms with E-state index >= 15 is 0 Å². The fraction of sp³-hybridized carbons (Fsp3) is 0.174. The Balaban J connectivity index is 1.69. The summed E-state index contributed by atoms with van der Waals surface area (Å²) in [5, 5.41) is 27.3. The van der Waals surface area contributed by atoms with Crippen LogP contribution >= 0.6 is 27.3 Å². The Kier molecular flexibility index (Phi) is 5.94. The molecule has 1 amide bonds. The maximum absolute atomic E-state index is 13.4. The van der Waals surface area contributed by atoms with Crippen LogP contribution in [0.25, 0.3) is 11.3 Å². The first kappa shape index (κ1) is 20.9. The minimum Gasteiger partial charge on any atom is -0.272 e. The van der Waals surface area contributed by atoms with Crippen LogP contribution in [0, 0.1) is 34.5 Å². The van der Waals surface area contributed by atoms with E-state index < -0.39 is 17.8 Å². The topological polar surface area (TPSA) is 93.1 Å². The highest BCUT2D eigenvalue weighted by Crippen LogP contribution is 2.40.